The molecule has 0 amide bonds. The first-order chi connectivity index (χ1) is 6.76. The van der Waals surface area contributed by atoms with Crippen LogP contribution in [0.2, 0.25) is 0 Å². The maximum absolute atomic E-state index is 5.49. The van der Waals surface area contributed by atoms with Crippen molar-refractivity contribution in [2.75, 3.05) is 13.7 Å². The molecule has 1 atom stereocenters. The van der Waals surface area contributed by atoms with Crippen molar-refractivity contribution in [3.05, 3.63) is 29.8 Å². The summed E-state index contributed by atoms with van der Waals surface area (Å²) in [6, 6.07) is 7.77. The van der Waals surface area contributed by atoms with Crippen molar-refractivity contribution in [1.82, 2.24) is 0 Å². The average molecular weight is 195 g/mol. The number of benzene rings is 1. The lowest BCUT2D eigenvalue weighted by Crippen LogP contribution is -2.15. The van der Waals surface area contributed by atoms with E-state index < -0.39 is 0 Å². The molecule has 14 heavy (non-hydrogen) atoms. The molecule has 0 aliphatic rings. The van der Waals surface area contributed by atoms with Crippen LogP contribution >= 0.6 is 0 Å². The van der Waals surface area contributed by atoms with Gasteiger partial charge >= 0.3 is 0 Å². The lowest BCUT2D eigenvalue weighted by Gasteiger charge is -2.11. The molecule has 3 heteroatoms. The third kappa shape index (κ3) is 3.36. The minimum atomic E-state index is 0.115. The summed E-state index contributed by atoms with van der Waals surface area (Å²) in [7, 11) is 1.67. The Hall–Kier alpha value is -1.06. The molecule has 0 aliphatic carbocycles. The zero-order chi connectivity index (χ0) is 10.4. The molecule has 0 bridgehead atoms. The predicted octanol–water partition coefficient (Wildman–Crippen LogP) is 1.56. The lowest BCUT2D eigenvalue weighted by molar-refractivity contribution is 0.0716. The molecule has 0 fully saturated rings. The zero-order valence-corrected chi connectivity index (χ0v) is 8.69. The Morgan fingerprint density at radius 1 is 1.29 bits per heavy atom. The number of nitrogens with two attached hydrogens (primary N) is 1. The number of hydrogen-bond donors (Lipinski definition) is 1. The maximum atomic E-state index is 5.49. The second-order valence-corrected chi connectivity index (χ2v) is 3.21. The van der Waals surface area contributed by atoms with Gasteiger partial charge in [0.1, 0.15) is 12.4 Å². The van der Waals surface area contributed by atoms with Gasteiger partial charge in [-0.05, 0) is 24.6 Å². The molecular formula is C11H17NO2. The third-order valence-corrected chi connectivity index (χ3v) is 2.05. The van der Waals surface area contributed by atoms with Gasteiger partial charge in [0.05, 0.1) is 6.10 Å². The van der Waals surface area contributed by atoms with Gasteiger partial charge in [-0.2, -0.15) is 0 Å². The fourth-order valence-corrected chi connectivity index (χ4v) is 1.00. The predicted molar refractivity (Wildman–Crippen MR) is 56.3 cm³/mol. The van der Waals surface area contributed by atoms with E-state index in [9.17, 15) is 0 Å². The van der Waals surface area contributed by atoms with Crippen LogP contribution in [-0.2, 0) is 11.3 Å². The van der Waals surface area contributed by atoms with Crippen molar-refractivity contribution in [3.8, 4) is 5.75 Å². The molecule has 1 aromatic rings. The Morgan fingerprint density at radius 2 is 1.93 bits per heavy atom. The Bertz CT molecular complexity index is 258. The molecule has 1 aromatic carbocycles. The molecule has 0 saturated heterocycles. The van der Waals surface area contributed by atoms with Crippen molar-refractivity contribution in [2.24, 2.45) is 5.73 Å². The molecule has 0 heterocycles. The van der Waals surface area contributed by atoms with Crippen LogP contribution < -0.4 is 10.5 Å². The lowest BCUT2D eigenvalue weighted by atomic mass is 10.2. The van der Waals surface area contributed by atoms with Crippen LogP contribution in [-0.4, -0.2) is 19.8 Å². The van der Waals surface area contributed by atoms with E-state index in [-0.39, 0.29) is 6.10 Å². The van der Waals surface area contributed by atoms with Gasteiger partial charge in [-0.1, -0.05) is 12.1 Å². The number of hydrogen-bond acceptors (Lipinski definition) is 3. The highest BCUT2D eigenvalue weighted by molar-refractivity contribution is 5.27. The highest BCUT2D eigenvalue weighted by Gasteiger charge is 2.00. The van der Waals surface area contributed by atoms with E-state index in [1.54, 1.807) is 7.11 Å². The first-order valence-electron chi connectivity index (χ1n) is 4.71. The van der Waals surface area contributed by atoms with E-state index in [0.29, 0.717) is 13.2 Å². The van der Waals surface area contributed by atoms with Crippen LogP contribution in [0.3, 0.4) is 0 Å². The van der Waals surface area contributed by atoms with Crippen molar-refractivity contribution >= 4 is 0 Å². The standard InChI is InChI=1S/C11H17NO2/c1-9(13-2)8-14-11-5-3-10(7-12)4-6-11/h3-6,9H,7-8,12H2,1-2H3. The summed E-state index contributed by atoms with van der Waals surface area (Å²) in [5.74, 6) is 0.853. The zero-order valence-electron chi connectivity index (χ0n) is 8.69. The molecule has 0 saturated carbocycles. The highest BCUT2D eigenvalue weighted by Crippen LogP contribution is 2.12. The molecule has 0 aliphatic heterocycles. The van der Waals surface area contributed by atoms with Gasteiger partial charge in [0.15, 0.2) is 0 Å². The van der Waals surface area contributed by atoms with E-state index in [0.717, 1.165) is 11.3 Å². The smallest absolute Gasteiger partial charge is 0.119 e. The summed E-state index contributed by atoms with van der Waals surface area (Å²) in [6.07, 6.45) is 0.115. The van der Waals surface area contributed by atoms with Gasteiger partial charge in [0.25, 0.3) is 0 Å². The molecule has 0 aromatic heterocycles. The van der Waals surface area contributed by atoms with Crippen molar-refractivity contribution in [2.45, 2.75) is 19.6 Å². The quantitative estimate of drug-likeness (QED) is 0.775. The van der Waals surface area contributed by atoms with E-state index >= 15 is 0 Å². The molecule has 2 N–H and O–H groups in total. The van der Waals surface area contributed by atoms with Gasteiger partial charge in [-0.25, -0.2) is 0 Å². The minimum Gasteiger partial charge on any atom is -0.491 e. The number of ether oxygens (including phenoxy) is 2. The van der Waals surface area contributed by atoms with Gasteiger partial charge in [-0.3, -0.25) is 0 Å². The average Bonchev–Trinajstić information content (AvgIpc) is 2.26. The Balaban J connectivity index is 2.43. The minimum absolute atomic E-state index is 0.115. The molecule has 1 rings (SSSR count). The monoisotopic (exact) mass is 195 g/mol. The SMILES string of the molecule is COC(C)COc1ccc(CN)cc1. The van der Waals surface area contributed by atoms with Crippen LogP contribution in [0.5, 0.6) is 5.75 Å². The summed E-state index contributed by atoms with van der Waals surface area (Å²) >= 11 is 0. The summed E-state index contributed by atoms with van der Waals surface area (Å²) in [4.78, 5) is 0. The molecular weight excluding hydrogens is 178 g/mol. The summed E-state index contributed by atoms with van der Waals surface area (Å²) in [5, 5.41) is 0. The topological polar surface area (TPSA) is 44.5 Å². The molecule has 78 valence electrons. The van der Waals surface area contributed by atoms with Gasteiger partial charge in [0.2, 0.25) is 0 Å². The van der Waals surface area contributed by atoms with Gasteiger partial charge in [-0.15, -0.1) is 0 Å². The van der Waals surface area contributed by atoms with E-state index in [1.807, 2.05) is 31.2 Å². The maximum Gasteiger partial charge on any atom is 0.119 e. The molecule has 3 nitrogen and oxygen atoms in total. The molecule has 1 unspecified atom stereocenters. The fourth-order valence-electron chi connectivity index (χ4n) is 1.00. The Morgan fingerprint density at radius 3 is 2.43 bits per heavy atom. The van der Waals surface area contributed by atoms with E-state index in [1.165, 1.54) is 0 Å². The van der Waals surface area contributed by atoms with Crippen LogP contribution in [0.4, 0.5) is 0 Å². The van der Waals surface area contributed by atoms with Crippen LogP contribution in [0.25, 0.3) is 0 Å². The largest absolute Gasteiger partial charge is 0.491 e. The fraction of sp³-hybridized carbons (Fsp3) is 0.455. The van der Waals surface area contributed by atoms with E-state index in [2.05, 4.69) is 0 Å². The molecule has 0 spiro atoms. The summed E-state index contributed by atoms with van der Waals surface area (Å²) < 4.78 is 10.6. The highest BCUT2D eigenvalue weighted by atomic mass is 16.5. The molecule has 0 radical (unpaired) electrons. The second kappa shape index (κ2) is 5.62. The third-order valence-electron chi connectivity index (χ3n) is 2.05. The van der Waals surface area contributed by atoms with Gasteiger partial charge < -0.3 is 15.2 Å². The van der Waals surface area contributed by atoms with Crippen molar-refractivity contribution < 1.29 is 9.47 Å². The Kier molecular flexibility index (Phi) is 4.43. The summed E-state index contributed by atoms with van der Waals surface area (Å²) in [6.45, 7) is 3.10. The number of methoxy groups -OCH3 is 1. The van der Waals surface area contributed by atoms with E-state index in [4.69, 9.17) is 15.2 Å². The normalized spacial score (nSPS) is 12.5. The van der Waals surface area contributed by atoms with Crippen molar-refractivity contribution in [1.29, 1.82) is 0 Å². The Labute approximate surface area is 84.8 Å². The first kappa shape index (κ1) is 11.0. The van der Waals surface area contributed by atoms with Gasteiger partial charge in [0, 0.05) is 13.7 Å². The summed E-state index contributed by atoms with van der Waals surface area (Å²) in [5.41, 5.74) is 6.59. The van der Waals surface area contributed by atoms with Crippen LogP contribution in [0.1, 0.15) is 12.5 Å². The second-order valence-electron chi connectivity index (χ2n) is 3.21. The number of rotatable bonds is 5. The van der Waals surface area contributed by atoms with Crippen LogP contribution in [0, 0.1) is 0 Å². The first-order valence-corrected chi connectivity index (χ1v) is 4.71. The van der Waals surface area contributed by atoms with Crippen molar-refractivity contribution in [3.63, 3.8) is 0 Å². The van der Waals surface area contributed by atoms with Crippen LogP contribution in [0.15, 0.2) is 24.3 Å².